The van der Waals surface area contributed by atoms with E-state index >= 15 is 0 Å². The number of anilines is 1. The second-order valence-electron chi connectivity index (χ2n) is 9.88. The fourth-order valence-corrected chi connectivity index (χ4v) is 5.30. The Morgan fingerprint density at radius 2 is 1.85 bits per heavy atom. The minimum Gasteiger partial charge on any atom is -0.356 e. The Morgan fingerprint density at radius 1 is 1.06 bits per heavy atom. The lowest BCUT2D eigenvalue weighted by molar-refractivity contribution is -0.125. The first kappa shape index (κ1) is 22.7. The zero-order chi connectivity index (χ0) is 23.3. The number of benzene rings is 2. The maximum atomic E-state index is 12.8. The Hall–Kier alpha value is -3.08. The Morgan fingerprint density at radius 3 is 2.62 bits per heavy atom. The molecule has 1 aromatic heterocycles. The second kappa shape index (κ2) is 10.5. The van der Waals surface area contributed by atoms with Crippen LogP contribution in [0.2, 0.25) is 0 Å². The number of carbonyl (C=O) groups is 1. The molecule has 5 nitrogen and oxygen atoms in total. The highest BCUT2D eigenvalue weighted by Gasteiger charge is 2.27. The van der Waals surface area contributed by atoms with Gasteiger partial charge in [0.1, 0.15) is 0 Å². The maximum absolute atomic E-state index is 12.8. The molecule has 0 unspecified atom stereocenters. The maximum Gasteiger partial charge on any atom is 0.223 e. The number of nitrogens with zero attached hydrogens (tertiary/aromatic N) is 3. The van der Waals surface area contributed by atoms with Crippen molar-refractivity contribution in [3.05, 3.63) is 71.3 Å². The van der Waals surface area contributed by atoms with Crippen molar-refractivity contribution in [2.75, 3.05) is 24.5 Å². The highest BCUT2D eigenvalue weighted by molar-refractivity contribution is 5.80. The summed E-state index contributed by atoms with van der Waals surface area (Å²) in [5.41, 5.74) is 6.26. The molecule has 0 atom stereocenters. The van der Waals surface area contributed by atoms with Crippen molar-refractivity contribution in [1.82, 2.24) is 14.9 Å². The van der Waals surface area contributed by atoms with E-state index < -0.39 is 0 Å². The first-order valence-electron chi connectivity index (χ1n) is 12.9. The lowest BCUT2D eigenvalue weighted by Crippen LogP contribution is -2.41. The molecule has 2 heterocycles. The number of carbonyl (C=O) groups excluding carboxylic acids is 1. The molecule has 2 aromatic carbocycles. The molecule has 1 aliphatic carbocycles. The van der Waals surface area contributed by atoms with E-state index in [1.807, 2.05) is 0 Å². The molecule has 1 saturated heterocycles. The standard InChI is InChI=1S/C29H36N4O/c1-22-11-13-24(14-12-22)21-33-27-10-6-5-9-26(27)31-29(33)32-19-16-25(17-20-32)28(34)30-18-15-23-7-3-2-4-8-23/h5-7,9-14,25H,2-4,8,15-21H2,1H3,(H,30,34). The van der Waals surface area contributed by atoms with Gasteiger partial charge in [0.15, 0.2) is 0 Å². The van der Waals surface area contributed by atoms with Gasteiger partial charge in [0, 0.05) is 25.6 Å². The largest absolute Gasteiger partial charge is 0.356 e. The molecule has 3 aromatic rings. The van der Waals surface area contributed by atoms with Gasteiger partial charge in [0.25, 0.3) is 0 Å². The van der Waals surface area contributed by atoms with E-state index in [2.05, 4.69) is 76.3 Å². The number of aromatic nitrogens is 2. The van der Waals surface area contributed by atoms with E-state index in [4.69, 9.17) is 4.98 Å². The Bertz CT molecular complexity index is 1150. The van der Waals surface area contributed by atoms with Gasteiger partial charge in [-0.3, -0.25) is 4.79 Å². The van der Waals surface area contributed by atoms with E-state index in [1.54, 1.807) is 0 Å². The summed E-state index contributed by atoms with van der Waals surface area (Å²) < 4.78 is 2.33. The molecule has 34 heavy (non-hydrogen) atoms. The third kappa shape index (κ3) is 5.19. The van der Waals surface area contributed by atoms with Crippen LogP contribution in [-0.2, 0) is 11.3 Å². The summed E-state index contributed by atoms with van der Waals surface area (Å²) in [4.78, 5) is 20.2. The van der Waals surface area contributed by atoms with Crippen molar-refractivity contribution in [2.24, 2.45) is 5.92 Å². The topological polar surface area (TPSA) is 50.2 Å². The highest BCUT2D eigenvalue weighted by Crippen LogP contribution is 2.28. The summed E-state index contributed by atoms with van der Waals surface area (Å²) in [6, 6.07) is 17.1. The summed E-state index contributed by atoms with van der Waals surface area (Å²) >= 11 is 0. The van der Waals surface area contributed by atoms with Crippen LogP contribution in [0.1, 0.15) is 56.1 Å². The van der Waals surface area contributed by atoms with Crippen molar-refractivity contribution in [2.45, 2.75) is 58.4 Å². The minimum absolute atomic E-state index is 0.103. The number of rotatable bonds is 7. The molecular formula is C29H36N4O. The molecular weight excluding hydrogens is 420 g/mol. The van der Waals surface area contributed by atoms with Crippen molar-refractivity contribution in [3.63, 3.8) is 0 Å². The first-order chi connectivity index (χ1) is 16.7. The molecule has 1 aliphatic heterocycles. The zero-order valence-corrected chi connectivity index (χ0v) is 20.3. The zero-order valence-electron chi connectivity index (χ0n) is 20.3. The highest BCUT2D eigenvalue weighted by atomic mass is 16.1. The summed E-state index contributed by atoms with van der Waals surface area (Å²) in [5, 5.41) is 3.21. The van der Waals surface area contributed by atoms with Crippen LogP contribution in [0.15, 0.2) is 60.2 Å². The summed E-state index contributed by atoms with van der Waals surface area (Å²) in [6.45, 7) is 5.42. The van der Waals surface area contributed by atoms with Gasteiger partial charge in [-0.2, -0.15) is 0 Å². The van der Waals surface area contributed by atoms with Crippen LogP contribution in [0, 0.1) is 12.8 Å². The predicted octanol–water partition coefficient (Wildman–Crippen LogP) is 5.62. The number of para-hydroxylation sites is 2. The number of allylic oxidation sites excluding steroid dienone is 1. The minimum atomic E-state index is 0.103. The fraction of sp³-hybridized carbons (Fsp3) is 0.448. The van der Waals surface area contributed by atoms with Gasteiger partial charge in [-0.1, -0.05) is 53.6 Å². The lowest BCUT2D eigenvalue weighted by Gasteiger charge is -2.32. The van der Waals surface area contributed by atoms with E-state index in [0.29, 0.717) is 0 Å². The first-order valence-corrected chi connectivity index (χ1v) is 12.9. The number of amides is 1. The van der Waals surface area contributed by atoms with Crippen LogP contribution in [0.25, 0.3) is 11.0 Å². The number of fused-ring (bicyclic) bond motifs is 1. The number of hydrogen-bond acceptors (Lipinski definition) is 3. The van der Waals surface area contributed by atoms with E-state index in [0.717, 1.165) is 62.4 Å². The molecule has 5 rings (SSSR count). The predicted molar refractivity (Wildman–Crippen MR) is 139 cm³/mol. The number of nitrogens with one attached hydrogen (secondary N) is 1. The van der Waals surface area contributed by atoms with Gasteiger partial charge in [-0.05, 0) is 69.6 Å². The molecule has 1 N–H and O–H groups in total. The quantitative estimate of drug-likeness (QED) is 0.470. The van der Waals surface area contributed by atoms with Crippen molar-refractivity contribution in [1.29, 1.82) is 0 Å². The molecule has 0 spiro atoms. The molecule has 0 saturated carbocycles. The third-order valence-electron chi connectivity index (χ3n) is 7.37. The molecule has 0 radical (unpaired) electrons. The van der Waals surface area contributed by atoms with Crippen LogP contribution in [-0.4, -0.2) is 35.1 Å². The van der Waals surface area contributed by atoms with Gasteiger partial charge in [-0.15, -0.1) is 0 Å². The Labute approximate surface area is 202 Å². The smallest absolute Gasteiger partial charge is 0.223 e. The van der Waals surface area contributed by atoms with E-state index in [-0.39, 0.29) is 11.8 Å². The normalized spacial score (nSPS) is 17.1. The second-order valence-corrected chi connectivity index (χ2v) is 9.88. The van der Waals surface area contributed by atoms with Crippen LogP contribution in [0.4, 0.5) is 5.95 Å². The van der Waals surface area contributed by atoms with Crippen LogP contribution in [0.5, 0.6) is 0 Å². The number of aryl methyl sites for hydroxylation is 1. The average molecular weight is 457 g/mol. The number of imidazole rings is 1. The molecule has 1 fully saturated rings. The fourth-order valence-electron chi connectivity index (χ4n) is 5.30. The summed E-state index contributed by atoms with van der Waals surface area (Å²) in [6.07, 6.45) is 10.2. The van der Waals surface area contributed by atoms with Gasteiger partial charge in [0.05, 0.1) is 17.6 Å². The van der Waals surface area contributed by atoms with Crippen molar-refractivity contribution < 1.29 is 4.79 Å². The monoisotopic (exact) mass is 456 g/mol. The summed E-state index contributed by atoms with van der Waals surface area (Å²) in [5.74, 6) is 1.35. The van der Waals surface area contributed by atoms with Gasteiger partial charge >= 0.3 is 0 Å². The van der Waals surface area contributed by atoms with Crippen molar-refractivity contribution >= 4 is 22.9 Å². The Kier molecular flexibility index (Phi) is 6.98. The lowest BCUT2D eigenvalue weighted by atomic mass is 9.95. The van der Waals surface area contributed by atoms with E-state index in [9.17, 15) is 4.79 Å². The summed E-state index contributed by atoms with van der Waals surface area (Å²) in [7, 11) is 0. The van der Waals surface area contributed by atoms with Crippen molar-refractivity contribution in [3.8, 4) is 0 Å². The number of hydrogen-bond donors (Lipinski definition) is 1. The molecule has 1 amide bonds. The molecule has 5 heteroatoms. The van der Waals surface area contributed by atoms with Gasteiger partial charge in [0.2, 0.25) is 11.9 Å². The van der Waals surface area contributed by atoms with Gasteiger partial charge < -0.3 is 14.8 Å². The average Bonchev–Trinajstić information content (AvgIpc) is 3.24. The molecule has 2 aliphatic rings. The number of piperidine rings is 1. The molecule has 178 valence electrons. The van der Waals surface area contributed by atoms with Crippen LogP contribution in [0.3, 0.4) is 0 Å². The SMILES string of the molecule is Cc1ccc(Cn2c(N3CCC(C(=O)NCCC4=CCCCC4)CC3)nc3ccccc32)cc1. The van der Waals surface area contributed by atoms with E-state index in [1.165, 1.54) is 42.4 Å². The molecule has 0 bridgehead atoms. The van der Waals surface area contributed by atoms with Crippen LogP contribution < -0.4 is 10.2 Å². The van der Waals surface area contributed by atoms with Gasteiger partial charge in [-0.25, -0.2) is 4.98 Å². The Balaban J connectivity index is 1.23. The third-order valence-corrected chi connectivity index (χ3v) is 7.37. The van der Waals surface area contributed by atoms with Crippen LogP contribution >= 0.6 is 0 Å².